The first-order chi connectivity index (χ1) is 16.1. The van der Waals surface area contributed by atoms with Gasteiger partial charge in [0.2, 0.25) is 5.91 Å². The highest BCUT2D eigenvalue weighted by Gasteiger charge is 2.24. The Morgan fingerprint density at radius 3 is 2.44 bits per heavy atom. The molecule has 0 bridgehead atoms. The van der Waals surface area contributed by atoms with Crippen LogP contribution in [-0.4, -0.2) is 41.3 Å². The van der Waals surface area contributed by atoms with Gasteiger partial charge in [-0.25, -0.2) is 9.18 Å². The summed E-state index contributed by atoms with van der Waals surface area (Å²) in [7, 11) is 0. The number of benzene rings is 2. The van der Waals surface area contributed by atoms with Gasteiger partial charge in [-0.1, -0.05) is 0 Å². The second-order valence-electron chi connectivity index (χ2n) is 6.79. The fourth-order valence-electron chi connectivity index (χ4n) is 2.65. The Labute approximate surface area is 191 Å². The standard InChI is InChI=1S/C21H18FN5O7/c22-14-3-1-12(2-4-14)20(30)26-17(7-8-18(24)28)21(31)34-11-19(29)25-16-6-5-15(27(32)33)9-13(16)10-23/h1-6,9,17H,7-8,11H2,(H2,24,28)(H,25,29)(H,26,30)/t17-/m0/s1. The number of carbonyl (C=O) groups is 4. The van der Waals surface area contributed by atoms with Gasteiger partial charge >= 0.3 is 5.97 Å². The lowest BCUT2D eigenvalue weighted by Crippen LogP contribution is -2.43. The van der Waals surface area contributed by atoms with Crippen LogP contribution in [-0.2, 0) is 19.1 Å². The van der Waals surface area contributed by atoms with Gasteiger partial charge in [0.15, 0.2) is 6.61 Å². The van der Waals surface area contributed by atoms with Crippen LogP contribution in [0.2, 0.25) is 0 Å². The molecule has 34 heavy (non-hydrogen) atoms. The number of halogens is 1. The SMILES string of the molecule is N#Cc1cc([N+](=O)[O-])ccc1NC(=O)COC(=O)[C@H](CCC(N)=O)NC(=O)c1ccc(F)cc1. The molecule has 0 saturated heterocycles. The van der Waals surface area contributed by atoms with Crippen LogP contribution in [0.25, 0.3) is 0 Å². The molecule has 0 aliphatic carbocycles. The molecular formula is C21H18FN5O7. The Morgan fingerprint density at radius 1 is 1.18 bits per heavy atom. The zero-order chi connectivity index (χ0) is 25.3. The van der Waals surface area contributed by atoms with Crippen LogP contribution in [0.15, 0.2) is 42.5 Å². The summed E-state index contributed by atoms with van der Waals surface area (Å²) in [5.74, 6) is -3.97. The molecule has 0 aliphatic heterocycles. The smallest absolute Gasteiger partial charge is 0.329 e. The topological polar surface area (TPSA) is 195 Å². The van der Waals surface area contributed by atoms with Crippen molar-refractivity contribution in [1.29, 1.82) is 5.26 Å². The summed E-state index contributed by atoms with van der Waals surface area (Å²) in [5.41, 5.74) is 4.56. The first-order valence-corrected chi connectivity index (χ1v) is 9.60. The number of nitrogens with two attached hydrogens (primary N) is 1. The number of nitrogens with one attached hydrogen (secondary N) is 2. The predicted octanol–water partition coefficient (Wildman–Crippen LogP) is 1.15. The Balaban J connectivity index is 2.02. The van der Waals surface area contributed by atoms with Crippen LogP contribution in [0, 0.1) is 27.3 Å². The molecular weight excluding hydrogens is 453 g/mol. The minimum Gasteiger partial charge on any atom is -0.454 e. The van der Waals surface area contributed by atoms with E-state index in [-0.39, 0.29) is 35.3 Å². The minimum atomic E-state index is -1.34. The van der Waals surface area contributed by atoms with Gasteiger partial charge in [-0.3, -0.25) is 24.5 Å². The minimum absolute atomic E-state index is 0.0379. The molecule has 1 atom stereocenters. The Morgan fingerprint density at radius 2 is 1.85 bits per heavy atom. The number of ether oxygens (including phenoxy) is 1. The van der Waals surface area contributed by atoms with E-state index >= 15 is 0 Å². The van der Waals surface area contributed by atoms with Crippen molar-refractivity contribution >= 4 is 35.1 Å². The average molecular weight is 471 g/mol. The van der Waals surface area contributed by atoms with Crippen LogP contribution in [0.1, 0.15) is 28.8 Å². The van der Waals surface area contributed by atoms with E-state index in [1.807, 2.05) is 0 Å². The van der Waals surface area contributed by atoms with Gasteiger partial charge in [-0.05, 0) is 36.8 Å². The summed E-state index contributed by atoms with van der Waals surface area (Å²) < 4.78 is 17.9. The van der Waals surface area contributed by atoms with Crippen molar-refractivity contribution in [2.45, 2.75) is 18.9 Å². The molecule has 0 aromatic heterocycles. The summed E-state index contributed by atoms with van der Waals surface area (Å²) in [5, 5.41) is 24.5. The Kier molecular flexibility index (Phi) is 8.72. The van der Waals surface area contributed by atoms with Crippen LogP contribution in [0.3, 0.4) is 0 Å². The third kappa shape index (κ3) is 7.38. The predicted molar refractivity (Wildman–Crippen MR) is 113 cm³/mol. The van der Waals surface area contributed by atoms with Gasteiger partial charge in [0.1, 0.15) is 17.9 Å². The lowest BCUT2D eigenvalue weighted by atomic mass is 10.1. The van der Waals surface area contributed by atoms with Crippen LogP contribution in [0.5, 0.6) is 0 Å². The van der Waals surface area contributed by atoms with Crippen LogP contribution < -0.4 is 16.4 Å². The zero-order valence-electron chi connectivity index (χ0n) is 17.4. The number of nitriles is 1. The number of rotatable bonds is 10. The third-order valence-electron chi connectivity index (χ3n) is 4.33. The van der Waals surface area contributed by atoms with Crippen molar-refractivity contribution in [2.24, 2.45) is 5.73 Å². The lowest BCUT2D eigenvalue weighted by molar-refractivity contribution is -0.384. The fourth-order valence-corrected chi connectivity index (χ4v) is 2.65. The van der Waals surface area contributed by atoms with Gasteiger partial charge in [0.05, 0.1) is 16.2 Å². The van der Waals surface area contributed by atoms with Crippen molar-refractivity contribution in [3.63, 3.8) is 0 Å². The maximum atomic E-state index is 13.0. The van der Waals surface area contributed by atoms with E-state index in [4.69, 9.17) is 15.7 Å². The molecule has 0 heterocycles. The van der Waals surface area contributed by atoms with Crippen molar-refractivity contribution in [3.05, 3.63) is 69.5 Å². The summed E-state index contributed by atoms with van der Waals surface area (Å²) in [6.07, 6.45) is -0.492. The fraction of sp³-hybridized carbons (Fsp3) is 0.190. The summed E-state index contributed by atoms with van der Waals surface area (Å²) in [6, 6.07) is 8.02. The van der Waals surface area contributed by atoms with Crippen LogP contribution >= 0.6 is 0 Å². The number of primary amides is 1. The van der Waals surface area contributed by atoms with Gasteiger partial charge in [0.25, 0.3) is 17.5 Å². The number of nitro benzene ring substituents is 1. The number of nitrogens with zero attached hydrogens (tertiary/aromatic N) is 2. The molecule has 0 saturated carbocycles. The third-order valence-corrected chi connectivity index (χ3v) is 4.33. The monoisotopic (exact) mass is 471 g/mol. The Bertz CT molecular complexity index is 1160. The molecule has 0 radical (unpaired) electrons. The number of nitro groups is 1. The maximum Gasteiger partial charge on any atom is 0.329 e. The second kappa shape index (κ2) is 11.7. The van der Waals surface area contributed by atoms with E-state index < -0.39 is 47.1 Å². The first kappa shape index (κ1) is 25.4. The first-order valence-electron chi connectivity index (χ1n) is 9.60. The normalized spacial score (nSPS) is 10.9. The zero-order valence-corrected chi connectivity index (χ0v) is 17.4. The summed E-state index contributed by atoms with van der Waals surface area (Å²) in [4.78, 5) is 58.1. The lowest BCUT2D eigenvalue weighted by Gasteiger charge is -2.17. The van der Waals surface area contributed by atoms with E-state index in [1.165, 1.54) is 12.1 Å². The van der Waals surface area contributed by atoms with Gasteiger partial charge in [0, 0.05) is 24.1 Å². The van der Waals surface area contributed by atoms with Crippen molar-refractivity contribution in [1.82, 2.24) is 5.32 Å². The average Bonchev–Trinajstić information content (AvgIpc) is 2.80. The maximum absolute atomic E-state index is 13.0. The number of hydrogen-bond donors (Lipinski definition) is 3. The molecule has 176 valence electrons. The molecule has 3 amide bonds. The number of amides is 3. The second-order valence-corrected chi connectivity index (χ2v) is 6.79. The molecule has 2 aromatic carbocycles. The van der Waals surface area contributed by atoms with E-state index in [0.29, 0.717) is 0 Å². The highest BCUT2D eigenvalue weighted by atomic mass is 19.1. The molecule has 2 aromatic rings. The number of esters is 1. The molecule has 0 spiro atoms. The molecule has 4 N–H and O–H groups in total. The highest BCUT2D eigenvalue weighted by Crippen LogP contribution is 2.21. The number of hydrogen-bond acceptors (Lipinski definition) is 8. The van der Waals surface area contributed by atoms with Gasteiger partial charge in [-0.15, -0.1) is 0 Å². The van der Waals surface area contributed by atoms with Crippen molar-refractivity contribution < 1.29 is 33.2 Å². The van der Waals surface area contributed by atoms with E-state index in [9.17, 15) is 33.7 Å². The van der Waals surface area contributed by atoms with E-state index in [0.717, 1.165) is 30.3 Å². The van der Waals surface area contributed by atoms with E-state index in [1.54, 1.807) is 6.07 Å². The van der Waals surface area contributed by atoms with Gasteiger partial charge < -0.3 is 21.1 Å². The summed E-state index contributed by atoms with van der Waals surface area (Å²) >= 11 is 0. The number of non-ortho nitro benzene ring substituents is 1. The number of anilines is 1. The Hall–Kier alpha value is -4.86. The molecule has 0 fully saturated rings. The number of carbonyl (C=O) groups excluding carboxylic acids is 4. The molecule has 0 unspecified atom stereocenters. The van der Waals surface area contributed by atoms with Gasteiger partial charge in [-0.2, -0.15) is 5.26 Å². The molecule has 0 aliphatic rings. The quantitative estimate of drug-likeness (QED) is 0.261. The summed E-state index contributed by atoms with van der Waals surface area (Å²) in [6.45, 7) is -0.819. The molecule has 12 nitrogen and oxygen atoms in total. The van der Waals surface area contributed by atoms with Crippen LogP contribution in [0.4, 0.5) is 15.8 Å². The van der Waals surface area contributed by atoms with E-state index in [2.05, 4.69) is 10.6 Å². The highest BCUT2D eigenvalue weighted by molar-refractivity contribution is 5.98. The van der Waals surface area contributed by atoms with Crippen molar-refractivity contribution in [2.75, 3.05) is 11.9 Å². The molecule has 13 heteroatoms. The molecule has 2 rings (SSSR count). The largest absolute Gasteiger partial charge is 0.454 e. The van der Waals surface area contributed by atoms with Crippen molar-refractivity contribution in [3.8, 4) is 6.07 Å².